The molecule has 1 rings (SSSR count). The van der Waals surface area contributed by atoms with E-state index in [0.717, 1.165) is 19.4 Å². The van der Waals surface area contributed by atoms with Crippen LogP contribution in [0.15, 0.2) is 4.99 Å². The molecule has 1 unspecified atom stereocenters. The molecular formula is C20H40IN5O3. The second-order valence-corrected chi connectivity index (χ2v) is 8.85. The van der Waals surface area contributed by atoms with Gasteiger partial charge in [0.2, 0.25) is 5.91 Å². The lowest BCUT2D eigenvalue weighted by Gasteiger charge is -2.35. The Kier molecular flexibility index (Phi) is 11.9. The third-order valence-electron chi connectivity index (χ3n) is 4.34. The lowest BCUT2D eigenvalue weighted by molar-refractivity contribution is -0.128. The molecule has 0 aromatic rings. The molecule has 0 bridgehead atoms. The van der Waals surface area contributed by atoms with E-state index in [-0.39, 0.29) is 42.0 Å². The normalized spacial score (nSPS) is 17.8. The van der Waals surface area contributed by atoms with Crippen molar-refractivity contribution in [1.29, 1.82) is 0 Å². The number of nitrogens with zero attached hydrogens (tertiary/aromatic N) is 2. The third kappa shape index (κ3) is 10.4. The summed E-state index contributed by atoms with van der Waals surface area (Å²) >= 11 is 0. The molecule has 1 atom stereocenters. The van der Waals surface area contributed by atoms with Gasteiger partial charge < -0.3 is 25.6 Å². The fourth-order valence-electron chi connectivity index (χ4n) is 2.85. The SMILES string of the molecule is CCNC(=O)C(C)(C)CN=C(NCC)NC1CCCN(C(=O)OC(C)(C)C)C1.I. The maximum atomic E-state index is 12.4. The minimum Gasteiger partial charge on any atom is -0.444 e. The molecule has 1 aliphatic heterocycles. The van der Waals surface area contributed by atoms with Crippen molar-refractivity contribution in [2.75, 3.05) is 32.7 Å². The van der Waals surface area contributed by atoms with Crippen molar-refractivity contribution in [3.8, 4) is 0 Å². The van der Waals surface area contributed by atoms with E-state index in [2.05, 4.69) is 20.9 Å². The molecule has 0 aromatic carbocycles. The summed E-state index contributed by atoms with van der Waals surface area (Å²) in [6.45, 7) is 16.3. The van der Waals surface area contributed by atoms with Gasteiger partial charge in [-0.15, -0.1) is 24.0 Å². The number of amides is 2. The van der Waals surface area contributed by atoms with E-state index in [1.165, 1.54) is 0 Å². The summed E-state index contributed by atoms with van der Waals surface area (Å²) in [6.07, 6.45) is 1.57. The van der Waals surface area contributed by atoms with Crippen LogP contribution in [0.5, 0.6) is 0 Å². The molecule has 29 heavy (non-hydrogen) atoms. The second kappa shape index (κ2) is 12.4. The summed E-state index contributed by atoms with van der Waals surface area (Å²) in [4.78, 5) is 30.9. The first-order chi connectivity index (χ1) is 13.0. The smallest absolute Gasteiger partial charge is 0.410 e. The summed E-state index contributed by atoms with van der Waals surface area (Å²) in [6, 6.07) is 0.0895. The standard InChI is InChI=1S/C20H39N5O3.HI/c1-8-21-16(26)20(6,7)14-23-17(22-9-2)24-15-11-10-12-25(13-15)18(27)28-19(3,4)5;/h15H,8-14H2,1-7H3,(H,21,26)(H2,22,23,24);1H. The Morgan fingerprint density at radius 1 is 1.10 bits per heavy atom. The van der Waals surface area contributed by atoms with Gasteiger partial charge in [0.15, 0.2) is 5.96 Å². The van der Waals surface area contributed by atoms with E-state index < -0.39 is 11.0 Å². The van der Waals surface area contributed by atoms with Gasteiger partial charge in [-0.3, -0.25) is 9.79 Å². The number of piperidine rings is 1. The highest BCUT2D eigenvalue weighted by atomic mass is 127. The predicted octanol–water partition coefficient (Wildman–Crippen LogP) is 2.72. The fraction of sp³-hybridized carbons (Fsp3) is 0.850. The van der Waals surface area contributed by atoms with Gasteiger partial charge in [0, 0.05) is 32.2 Å². The molecule has 1 saturated heterocycles. The molecule has 8 nitrogen and oxygen atoms in total. The Morgan fingerprint density at radius 2 is 1.72 bits per heavy atom. The Morgan fingerprint density at radius 3 is 2.28 bits per heavy atom. The number of guanidine groups is 1. The van der Waals surface area contributed by atoms with Crippen LogP contribution in [-0.2, 0) is 9.53 Å². The molecule has 0 radical (unpaired) electrons. The summed E-state index contributed by atoms with van der Waals surface area (Å²) < 4.78 is 5.49. The first-order valence-corrected chi connectivity index (χ1v) is 10.3. The zero-order chi connectivity index (χ0) is 21.4. The van der Waals surface area contributed by atoms with Crippen LogP contribution >= 0.6 is 24.0 Å². The quantitative estimate of drug-likeness (QED) is 0.282. The molecule has 0 aromatic heterocycles. The number of carbonyl (C=O) groups is 2. The van der Waals surface area contributed by atoms with Crippen molar-refractivity contribution < 1.29 is 14.3 Å². The number of likely N-dealkylation sites (tertiary alicyclic amines) is 1. The van der Waals surface area contributed by atoms with Gasteiger partial charge >= 0.3 is 6.09 Å². The lowest BCUT2D eigenvalue weighted by Crippen LogP contribution is -2.53. The summed E-state index contributed by atoms with van der Waals surface area (Å²) in [5.41, 5.74) is -1.09. The minimum atomic E-state index is -0.590. The lowest BCUT2D eigenvalue weighted by atomic mass is 9.92. The van der Waals surface area contributed by atoms with Crippen LogP contribution in [0, 0.1) is 5.41 Å². The number of ether oxygens (including phenoxy) is 1. The molecular weight excluding hydrogens is 485 g/mol. The van der Waals surface area contributed by atoms with Crippen molar-refractivity contribution in [3.05, 3.63) is 0 Å². The van der Waals surface area contributed by atoms with Crippen molar-refractivity contribution in [1.82, 2.24) is 20.9 Å². The van der Waals surface area contributed by atoms with E-state index >= 15 is 0 Å². The Balaban J connectivity index is 0.00000784. The molecule has 170 valence electrons. The molecule has 1 heterocycles. The van der Waals surface area contributed by atoms with Crippen molar-refractivity contribution in [2.24, 2.45) is 10.4 Å². The number of nitrogens with one attached hydrogen (secondary N) is 3. The van der Waals surface area contributed by atoms with Crippen LogP contribution in [0.4, 0.5) is 4.79 Å². The summed E-state index contributed by atoms with van der Waals surface area (Å²) in [7, 11) is 0. The van der Waals surface area contributed by atoms with Gasteiger partial charge in [0.1, 0.15) is 5.60 Å². The second-order valence-electron chi connectivity index (χ2n) is 8.85. The van der Waals surface area contributed by atoms with Gasteiger partial charge in [-0.25, -0.2) is 4.79 Å². The molecule has 9 heteroatoms. The first-order valence-electron chi connectivity index (χ1n) is 10.3. The highest BCUT2D eigenvalue weighted by Crippen LogP contribution is 2.17. The van der Waals surface area contributed by atoms with E-state index in [1.807, 2.05) is 48.5 Å². The van der Waals surface area contributed by atoms with Crippen molar-refractivity contribution in [2.45, 2.75) is 73.0 Å². The van der Waals surface area contributed by atoms with Gasteiger partial charge in [-0.05, 0) is 61.3 Å². The maximum absolute atomic E-state index is 12.4. The van der Waals surface area contributed by atoms with Crippen LogP contribution in [0.2, 0.25) is 0 Å². The third-order valence-corrected chi connectivity index (χ3v) is 4.34. The zero-order valence-electron chi connectivity index (χ0n) is 19.1. The van der Waals surface area contributed by atoms with E-state index in [4.69, 9.17) is 4.74 Å². The van der Waals surface area contributed by atoms with Gasteiger partial charge in [-0.2, -0.15) is 0 Å². The Labute approximate surface area is 193 Å². The summed E-state index contributed by atoms with van der Waals surface area (Å²) in [5.74, 6) is 0.652. The highest BCUT2D eigenvalue weighted by Gasteiger charge is 2.29. The molecule has 2 amide bonds. The van der Waals surface area contributed by atoms with E-state index in [0.29, 0.717) is 32.1 Å². The number of rotatable bonds is 6. The van der Waals surface area contributed by atoms with E-state index in [1.54, 1.807) is 4.90 Å². The average molecular weight is 525 g/mol. The Bertz CT molecular complexity index is 561. The number of halogens is 1. The number of aliphatic imine (C=N–C) groups is 1. The van der Waals surface area contributed by atoms with E-state index in [9.17, 15) is 9.59 Å². The molecule has 1 aliphatic rings. The number of hydrogen-bond acceptors (Lipinski definition) is 4. The topological polar surface area (TPSA) is 95.1 Å². The average Bonchev–Trinajstić information content (AvgIpc) is 2.59. The van der Waals surface area contributed by atoms with Gasteiger partial charge in [-0.1, -0.05) is 0 Å². The minimum absolute atomic E-state index is 0. The highest BCUT2D eigenvalue weighted by molar-refractivity contribution is 14.0. The maximum Gasteiger partial charge on any atom is 0.410 e. The van der Waals surface area contributed by atoms with Crippen LogP contribution in [0.1, 0.15) is 61.3 Å². The molecule has 0 saturated carbocycles. The zero-order valence-corrected chi connectivity index (χ0v) is 21.4. The first kappa shape index (κ1) is 27.7. The predicted molar refractivity (Wildman–Crippen MR) is 128 cm³/mol. The largest absolute Gasteiger partial charge is 0.444 e. The number of hydrogen-bond donors (Lipinski definition) is 3. The molecule has 0 spiro atoms. The molecule has 1 fully saturated rings. The Hall–Kier alpha value is -1.26. The summed E-state index contributed by atoms with van der Waals surface area (Å²) in [5, 5.41) is 9.49. The van der Waals surface area contributed by atoms with Crippen molar-refractivity contribution >= 4 is 41.9 Å². The van der Waals surface area contributed by atoms with Crippen LogP contribution < -0.4 is 16.0 Å². The van der Waals surface area contributed by atoms with Crippen LogP contribution in [0.3, 0.4) is 0 Å². The monoisotopic (exact) mass is 525 g/mol. The molecule has 0 aliphatic carbocycles. The molecule has 3 N–H and O–H groups in total. The van der Waals surface area contributed by atoms with Gasteiger partial charge in [0.05, 0.1) is 12.0 Å². The van der Waals surface area contributed by atoms with Gasteiger partial charge in [0.25, 0.3) is 0 Å². The number of carbonyl (C=O) groups excluding carboxylic acids is 2. The van der Waals surface area contributed by atoms with Crippen molar-refractivity contribution in [3.63, 3.8) is 0 Å². The van der Waals surface area contributed by atoms with Crippen LogP contribution in [0.25, 0.3) is 0 Å². The fourth-order valence-corrected chi connectivity index (χ4v) is 2.85. The van der Waals surface area contributed by atoms with Crippen LogP contribution in [-0.4, -0.2) is 67.2 Å².